The maximum atomic E-state index is 12.6. The van der Waals surface area contributed by atoms with E-state index in [4.69, 9.17) is 4.74 Å². The molecule has 0 radical (unpaired) electrons. The third-order valence-electron chi connectivity index (χ3n) is 5.59. The van der Waals surface area contributed by atoms with E-state index >= 15 is 0 Å². The van der Waals surface area contributed by atoms with Gasteiger partial charge in [0, 0.05) is 0 Å². The van der Waals surface area contributed by atoms with Gasteiger partial charge in [0.1, 0.15) is 5.75 Å². The standard InChI is InChI=1S/C28H22F3O5PS.BrH/c1-35-27(32)26-17-16-25(37(23-8-4-2-5-9-23)24-10-6-3-7-11-24)19-21(26)18-20-12-14-22(15-13-20)36-38(33,34)28(29,30)31;/h2-17,19H,18H2,1H3;1H. The number of methoxy groups -OCH3 is 1. The zero-order valence-corrected chi connectivity index (χ0v) is 23.9. The van der Waals surface area contributed by atoms with Crippen molar-refractivity contribution in [2.45, 2.75) is 11.9 Å². The second kappa shape index (κ2) is 12.8. The Morgan fingerprint density at radius 3 is 1.82 bits per heavy atom. The molecule has 5 nitrogen and oxygen atoms in total. The topological polar surface area (TPSA) is 69.7 Å². The molecular weight excluding hydrogens is 616 g/mol. The van der Waals surface area contributed by atoms with E-state index in [9.17, 15) is 26.4 Å². The lowest BCUT2D eigenvalue weighted by Crippen LogP contribution is -2.28. The molecule has 0 spiro atoms. The fourth-order valence-electron chi connectivity index (χ4n) is 3.83. The van der Waals surface area contributed by atoms with Gasteiger partial charge in [0.25, 0.3) is 0 Å². The van der Waals surface area contributed by atoms with Crippen molar-refractivity contribution in [3.63, 3.8) is 0 Å². The van der Waals surface area contributed by atoms with E-state index in [1.54, 1.807) is 6.07 Å². The first-order valence-corrected chi connectivity index (χ1v) is 14.1. The van der Waals surface area contributed by atoms with Crippen molar-refractivity contribution in [1.82, 2.24) is 0 Å². The van der Waals surface area contributed by atoms with Gasteiger partial charge in [0.2, 0.25) is 0 Å². The molecule has 0 aliphatic rings. The molecule has 0 N–H and O–H groups in total. The molecule has 0 fully saturated rings. The van der Waals surface area contributed by atoms with Crippen molar-refractivity contribution in [2.75, 3.05) is 7.11 Å². The minimum atomic E-state index is -5.77. The fourth-order valence-corrected chi connectivity index (χ4v) is 6.64. The molecule has 0 unspecified atom stereocenters. The van der Waals surface area contributed by atoms with E-state index in [1.807, 2.05) is 48.5 Å². The first-order valence-electron chi connectivity index (χ1n) is 11.3. The molecule has 0 saturated heterocycles. The van der Waals surface area contributed by atoms with Crippen molar-refractivity contribution in [3.8, 4) is 5.75 Å². The molecule has 11 heteroatoms. The highest BCUT2D eigenvalue weighted by Gasteiger charge is 2.48. The van der Waals surface area contributed by atoms with Gasteiger partial charge >= 0.3 is 21.6 Å². The Bertz CT molecular complexity index is 1480. The van der Waals surface area contributed by atoms with Crippen LogP contribution in [0.1, 0.15) is 21.5 Å². The minimum absolute atomic E-state index is 0. The predicted molar refractivity (Wildman–Crippen MR) is 152 cm³/mol. The highest BCUT2D eigenvalue weighted by atomic mass is 79.9. The smallest absolute Gasteiger partial charge is 0.465 e. The Balaban J connectivity index is 0.00000420. The first kappa shape index (κ1) is 30.3. The molecule has 4 aromatic carbocycles. The molecule has 0 amide bonds. The quantitative estimate of drug-likeness (QED) is 0.108. The molecule has 0 aliphatic carbocycles. The highest BCUT2D eigenvalue weighted by molar-refractivity contribution is 8.93. The van der Waals surface area contributed by atoms with E-state index in [-0.39, 0.29) is 23.4 Å². The third-order valence-corrected chi connectivity index (χ3v) is 8.99. The molecular formula is C28H23BrF3O5PS. The number of carbonyl (C=O) groups is 1. The molecule has 4 rings (SSSR count). The van der Waals surface area contributed by atoms with Crippen LogP contribution in [0.4, 0.5) is 13.2 Å². The average molecular weight is 639 g/mol. The highest BCUT2D eigenvalue weighted by Crippen LogP contribution is 2.34. The summed E-state index contributed by atoms with van der Waals surface area (Å²) in [6, 6.07) is 30.7. The number of rotatable bonds is 8. The number of hydrogen-bond donors (Lipinski definition) is 0. The van der Waals surface area contributed by atoms with Crippen molar-refractivity contribution < 1.29 is 35.3 Å². The molecule has 39 heavy (non-hydrogen) atoms. The van der Waals surface area contributed by atoms with Gasteiger partial charge in [-0.2, -0.15) is 21.6 Å². The van der Waals surface area contributed by atoms with E-state index in [0.717, 1.165) is 28.0 Å². The molecule has 0 heterocycles. The van der Waals surface area contributed by atoms with Crippen LogP contribution in [0.2, 0.25) is 0 Å². The molecule has 0 atom stereocenters. The number of hydrogen-bond acceptors (Lipinski definition) is 5. The Morgan fingerprint density at radius 2 is 1.33 bits per heavy atom. The average Bonchev–Trinajstić information content (AvgIpc) is 2.90. The number of ether oxygens (including phenoxy) is 1. The van der Waals surface area contributed by atoms with Gasteiger partial charge in [-0.15, -0.1) is 17.0 Å². The lowest BCUT2D eigenvalue weighted by atomic mass is 9.99. The summed E-state index contributed by atoms with van der Waals surface area (Å²) in [5, 5.41) is 3.24. The number of alkyl halides is 3. The molecule has 0 saturated carbocycles. The maximum absolute atomic E-state index is 12.6. The molecule has 4 aromatic rings. The van der Waals surface area contributed by atoms with Gasteiger partial charge in [0.15, 0.2) is 0 Å². The fraction of sp³-hybridized carbons (Fsp3) is 0.107. The van der Waals surface area contributed by atoms with Crippen molar-refractivity contribution in [3.05, 3.63) is 120 Å². The Hall–Kier alpha value is -3.20. The Kier molecular flexibility index (Phi) is 9.93. The molecule has 204 valence electrons. The lowest BCUT2D eigenvalue weighted by molar-refractivity contribution is -0.0500. The van der Waals surface area contributed by atoms with E-state index < -0.39 is 35.3 Å². The van der Waals surface area contributed by atoms with Crippen LogP contribution in [0.3, 0.4) is 0 Å². The van der Waals surface area contributed by atoms with E-state index in [2.05, 4.69) is 28.4 Å². The van der Waals surface area contributed by atoms with Crippen LogP contribution in [0.25, 0.3) is 0 Å². The minimum Gasteiger partial charge on any atom is -0.465 e. The van der Waals surface area contributed by atoms with Gasteiger partial charge < -0.3 is 8.92 Å². The second-order valence-electron chi connectivity index (χ2n) is 8.14. The number of halogens is 4. The predicted octanol–water partition coefficient (Wildman–Crippen LogP) is 5.63. The van der Waals surface area contributed by atoms with Crippen LogP contribution in [0.5, 0.6) is 5.75 Å². The van der Waals surface area contributed by atoms with Crippen LogP contribution in [-0.4, -0.2) is 27.0 Å². The third kappa shape index (κ3) is 7.26. The Labute approximate surface area is 236 Å². The van der Waals surface area contributed by atoms with Gasteiger partial charge in [-0.3, -0.25) is 0 Å². The first-order chi connectivity index (χ1) is 18.1. The number of carbonyl (C=O) groups excluding carboxylic acids is 1. The summed E-state index contributed by atoms with van der Waals surface area (Å²) in [4.78, 5) is 12.5. The van der Waals surface area contributed by atoms with Gasteiger partial charge in [0.05, 0.1) is 12.7 Å². The van der Waals surface area contributed by atoms with Crippen LogP contribution < -0.4 is 20.1 Å². The summed E-state index contributed by atoms with van der Waals surface area (Å²) in [6.07, 6.45) is 0.247. The SMILES string of the molecule is Br.COC(=O)c1ccc(P(c2ccccc2)c2ccccc2)cc1Cc1ccc(OS(=O)(=O)C(F)(F)F)cc1. The second-order valence-corrected chi connectivity index (χ2v) is 11.9. The molecule has 0 aromatic heterocycles. The van der Waals surface area contributed by atoms with Gasteiger partial charge in [-0.05, 0) is 65.6 Å². The van der Waals surface area contributed by atoms with Crippen molar-refractivity contribution in [2.24, 2.45) is 0 Å². The van der Waals surface area contributed by atoms with Gasteiger partial charge in [-0.1, -0.05) is 78.9 Å². The Morgan fingerprint density at radius 1 is 0.795 bits per heavy atom. The normalized spacial score (nSPS) is 11.5. The summed E-state index contributed by atoms with van der Waals surface area (Å²) in [5.74, 6) is -0.990. The van der Waals surface area contributed by atoms with Crippen LogP contribution in [0.15, 0.2) is 103 Å². The summed E-state index contributed by atoms with van der Waals surface area (Å²) >= 11 is 0. The number of benzene rings is 4. The van der Waals surface area contributed by atoms with Crippen molar-refractivity contribution in [1.29, 1.82) is 0 Å². The molecule has 0 bridgehead atoms. The maximum Gasteiger partial charge on any atom is 0.534 e. The molecule has 0 aliphatic heterocycles. The summed E-state index contributed by atoms with van der Waals surface area (Å²) in [5.41, 5.74) is -3.89. The number of esters is 1. The summed E-state index contributed by atoms with van der Waals surface area (Å²) in [6.45, 7) is 0. The zero-order chi connectivity index (χ0) is 27.3. The lowest BCUT2D eigenvalue weighted by Gasteiger charge is -2.21. The van der Waals surface area contributed by atoms with Gasteiger partial charge in [-0.25, -0.2) is 4.79 Å². The van der Waals surface area contributed by atoms with E-state index in [0.29, 0.717) is 16.7 Å². The monoisotopic (exact) mass is 638 g/mol. The van der Waals surface area contributed by atoms with Crippen LogP contribution in [0, 0.1) is 0 Å². The van der Waals surface area contributed by atoms with E-state index in [1.165, 1.54) is 19.2 Å². The van der Waals surface area contributed by atoms with Crippen LogP contribution >= 0.6 is 24.9 Å². The summed E-state index contributed by atoms with van der Waals surface area (Å²) in [7, 11) is -5.44. The van der Waals surface area contributed by atoms with Crippen molar-refractivity contribution >= 4 is 56.9 Å². The zero-order valence-electron chi connectivity index (χ0n) is 20.5. The summed E-state index contributed by atoms with van der Waals surface area (Å²) < 4.78 is 69.6. The van der Waals surface area contributed by atoms with Crippen LogP contribution in [-0.2, 0) is 21.3 Å². The largest absolute Gasteiger partial charge is 0.534 e.